The first-order valence-electron chi connectivity index (χ1n) is 7.44. The summed E-state index contributed by atoms with van der Waals surface area (Å²) in [5.41, 5.74) is 0.485. The first-order valence-corrected chi connectivity index (χ1v) is 8.20. The second-order valence-electron chi connectivity index (χ2n) is 5.99. The van der Waals surface area contributed by atoms with Crippen LogP contribution < -0.4 is 10.6 Å². The van der Waals surface area contributed by atoms with E-state index in [1.807, 2.05) is 0 Å². The number of rotatable bonds is 4. The molecule has 3 atom stereocenters. The Bertz CT molecular complexity index is 487. The van der Waals surface area contributed by atoms with Crippen LogP contribution in [0.2, 0.25) is 10.0 Å². The molecule has 3 nitrogen and oxygen atoms in total. The number of hydrogen-bond acceptors (Lipinski definition) is 2. The van der Waals surface area contributed by atoms with Crippen LogP contribution in [0.15, 0.2) is 18.2 Å². The predicted octanol–water partition coefficient (Wildman–Crippen LogP) is 4.35. The standard InChI is InChI=1S/C16H22Cl2N2O/c1-10-6-7-12(8-11(10)2)19-9-15(21)20-16-13(17)4-3-5-14(16)18/h3-5,10-12,19H,6-9H2,1-2H3,(H,20,21). The smallest absolute Gasteiger partial charge is 0.238 e. The van der Waals surface area contributed by atoms with Crippen LogP contribution in [0.1, 0.15) is 33.1 Å². The molecule has 1 fully saturated rings. The molecule has 1 aliphatic rings. The van der Waals surface area contributed by atoms with Crippen LogP contribution in [0.3, 0.4) is 0 Å². The average molecular weight is 329 g/mol. The molecule has 1 aliphatic carbocycles. The highest BCUT2D eigenvalue weighted by Gasteiger charge is 2.24. The third-order valence-corrected chi connectivity index (χ3v) is 5.01. The van der Waals surface area contributed by atoms with Gasteiger partial charge >= 0.3 is 0 Å². The van der Waals surface area contributed by atoms with Gasteiger partial charge in [0, 0.05) is 6.04 Å². The van der Waals surface area contributed by atoms with Crippen LogP contribution in [-0.2, 0) is 4.79 Å². The molecule has 0 saturated heterocycles. The molecule has 116 valence electrons. The zero-order valence-corrected chi connectivity index (χ0v) is 14.0. The van der Waals surface area contributed by atoms with E-state index >= 15 is 0 Å². The van der Waals surface area contributed by atoms with Gasteiger partial charge in [0.15, 0.2) is 0 Å². The Morgan fingerprint density at radius 2 is 1.86 bits per heavy atom. The van der Waals surface area contributed by atoms with Crippen molar-refractivity contribution < 1.29 is 4.79 Å². The van der Waals surface area contributed by atoms with Gasteiger partial charge in [-0.2, -0.15) is 0 Å². The van der Waals surface area contributed by atoms with Crippen molar-refractivity contribution in [1.29, 1.82) is 0 Å². The molecular weight excluding hydrogens is 307 g/mol. The van der Waals surface area contributed by atoms with Crippen molar-refractivity contribution in [2.75, 3.05) is 11.9 Å². The van der Waals surface area contributed by atoms with Crippen LogP contribution in [0.25, 0.3) is 0 Å². The maximum Gasteiger partial charge on any atom is 0.238 e. The summed E-state index contributed by atoms with van der Waals surface area (Å²) in [7, 11) is 0. The summed E-state index contributed by atoms with van der Waals surface area (Å²) < 4.78 is 0. The minimum absolute atomic E-state index is 0.115. The van der Waals surface area contributed by atoms with Crippen molar-refractivity contribution >= 4 is 34.8 Å². The fourth-order valence-corrected chi connectivity index (χ4v) is 3.26. The zero-order valence-electron chi connectivity index (χ0n) is 12.5. The quantitative estimate of drug-likeness (QED) is 0.862. The molecule has 2 N–H and O–H groups in total. The van der Waals surface area contributed by atoms with E-state index in [-0.39, 0.29) is 12.5 Å². The minimum Gasteiger partial charge on any atom is -0.322 e. The molecule has 3 unspecified atom stereocenters. The Labute approximate surface area is 136 Å². The van der Waals surface area contributed by atoms with Crippen molar-refractivity contribution in [3.05, 3.63) is 28.2 Å². The second-order valence-corrected chi connectivity index (χ2v) is 6.80. The molecular formula is C16H22Cl2N2O. The van der Waals surface area contributed by atoms with Crippen molar-refractivity contribution in [2.24, 2.45) is 11.8 Å². The molecule has 1 aromatic carbocycles. The van der Waals surface area contributed by atoms with Crippen LogP contribution >= 0.6 is 23.2 Å². The van der Waals surface area contributed by atoms with Crippen molar-refractivity contribution in [3.8, 4) is 0 Å². The predicted molar refractivity (Wildman–Crippen MR) is 89.1 cm³/mol. The number of carbonyl (C=O) groups is 1. The fourth-order valence-electron chi connectivity index (χ4n) is 2.77. The van der Waals surface area contributed by atoms with Gasteiger partial charge in [-0.3, -0.25) is 4.79 Å². The van der Waals surface area contributed by atoms with Crippen LogP contribution in [0.5, 0.6) is 0 Å². The van der Waals surface area contributed by atoms with E-state index < -0.39 is 0 Å². The Balaban J connectivity index is 1.83. The average Bonchev–Trinajstić information content (AvgIpc) is 2.44. The van der Waals surface area contributed by atoms with Gasteiger partial charge in [0.05, 0.1) is 22.3 Å². The van der Waals surface area contributed by atoms with Gasteiger partial charge in [-0.1, -0.05) is 43.1 Å². The fraction of sp³-hybridized carbons (Fsp3) is 0.562. The van der Waals surface area contributed by atoms with Crippen molar-refractivity contribution in [3.63, 3.8) is 0 Å². The van der Waals surface area contributed by atoms with E-state index in [9.17, 15) is 4.79 Å². The van der Waals surface area contributed by atoms with Crippen LogP contribution in [-0.4, -0.2) is 18.5 Å². The third-order valence-electron chi connectivity index (χ3n) is 4.38. The monoisotopic (exact) mass is 328 g/mol. The molecule has 5 heteroatoms. The van der Waals surface area contributed by atoms with Crippen LogP contribution in [0, 0.1) is 11.8 Å². The molecule has 1 saturated carbocycles. The molecule has 0 aliphatic heterocycles. The molecule has 2 rings (SSSR count). The van der Waals surface area contributed by atoms with Crippen molar-refractivity contribution in [1.82, 2.24) is 5.32 Å². The Morgan fingerprint density at radius 1 is 1.19 bits per heavy atom. The molecule has 0 bridgehead atoms. The van der Waals surface area contributed by atoms with Crippen LogP contribution in [0.4, 0.5) is 5.69 Å². The normalized spacial score (nSPS) is 25.6. The molecule has 21 heavy (non-hydrogen) atoms. The topological polar surface area (TPSA) is 41.1 Å². The summed E-state index contributed by atoms with van der Waals surface area (Å²) in [6.07, 6.45) is 3.48. The Morgan fingerprint density at radius 3 is 2.48 bits per heavy atom. The van der Waals surface area contributed by atoms with E-state index in [2.05, 4.69) is 24.5 Å². The first kappa shape index (κ1) is 16.6. The van der Waals surface area contributed by atoms with E-state index in [0.29, 0.717) is 27.7 Å². The van der Waals surface area contributed by atoms with Gasteiger partial charge in [0.25, 0.3) is 0 Å². The highest BCUT2D eigenvalue weighted by atomic mass is 35.5. The molecule has 0 radical (unpaired) electrons. The Hall–Kier alpha value is -0.770. The van der Waals surface area contributed by atoms with Gasteiger partial charge in [-0.25, -0.2) is 0 Å². The maximum absolute atomic E-state index is 12.0. The molecule has 1 aromatic rings. The molecule has 1 amide bonds. The maximum atomic E-state index is 12.0. The lowest BCUT2D eigenvalue weighted by Crippen LogP contribution is -2.40. The number of anilines is 1. The third kappa shape index (κ3) is 4.60. The number of halogens is 2. The number of carbonyl (C=O) groups excluding carboxylic acids is 1. The van der Waals surface area contributed by atoms with E-state index in [1.54, 1.807) is 18.2 Å². The van der Waals surface area contributed by atoms with Gasteiger partial charge in [-0.15, -0.1) is 0 Å². The summed E-state index contributed by atoms with van der Waals surface area (Å²) in [5.74, 6) is 1.37. The Kier molecular flexibility index (Phi) is 5.91. The number of para-hydroxylation sites is 1. The lowest BCUT2D eigenvalue weighted by molar-refractivity contribution is -0.115. The minimum atomic E-state index is -0.115. The summed E-state index contributed by atoms with van der Waals surface area (Å²) in [4.78, 5) is 12.0. The number of benzene rings is 1. The summed E-state index contributed by atoms with van der Waals surface area (Å²) in [5, 5.41) is 7.02. The SMILES string of the molecule is CC1CCC(NCC(=O)Nc2c(Cl)cccc2Cl)CC1C. The number of hydrogen-bond donors (Lipinski definition) is 2. The van der Waals surface area contributed by atoms with E-state index in [0.717, 1.165) is 18.8 Å². The second kappa shape index (κ2) is 7.48. The largest absolute Gasteiger partial charge is 0.322 e. The van der Waals surface area contributed by atoms with Gasteiger partial charge < -0.3 is 10.6 Å². The van der Waals surface area contributed by atoms with Gasteiger partial charge in [0.1, 0.15) is 0 Å². The molecule has 0 aromatic heterocycles. The van der Waals surface area contributed by atoms with Gasteiger partial charge in [-0.05, 0) is 43.2 Å². The lowest BCUT2D eigenvalue weighted by atomic mass is 9.79. The number of nitrogens with one attached hydrogen (secondary N) is 2. The lowest BCUT2D eigenvalue weighted by Gasteiger charge is -2.32. The van der Waals surface area contributed by atoms with Crippen molar-refractivity contribution in [2.45, 2.75) is 39.2 Å². The summed E-state index contributed by atoms with van der Waals surface area (Å²) in [6, 6.07) is 5.59. The number of amides is 1. The van der Waals surface area contributed by atoms with E-state index in [1.165, 1.54) is 6.42 Å². The zero-order chi connectivity index (χ0) is 15.4. The summed E-state index contributed by atoms with van der Waals surface area (Å²) >= 11 is 12.1. The van der Waals surface area contributed by atoms with E-state index in [4.69, 9.17) is 23.2 Å². The van der Waals surface area contributed by atoms with Gasteiger partial charge in [0.2, 0.25) is 5.91 Å². The molecule has 0 heterocycles. The highest BCUT2D eigenvalue weighted by Crippen LogP contribution is 2.30. The summed E-state index contributed by atoms with van der Waals surface area (Å²) in [6.45, 7) is 4.86. The highest BCUT2D eigenvalue weighted by molar-refractivity contribution is 6.39. The first-order chi connectivity index (χ1) is 9.97. The molecule has 0 spiro atoms.